The van der Waals surface area contributed by atoms with Crippen molar-refractivity contribution in [2.24, 2.45) is 5.92 Å². The molecule has 0 bridgehead atoms. The Balaban J connectivity index is 1.96. The minimum Gasteiger partial charge on any atom is -0.367 e. The lowest BCUT2D eigenvalue weighted by Crippen LogP contribution is -2.06. The molecule has 0 saturated heterocycles. The van der Waals surface area contributed by atoms with Crippen molar-refractivity contribution in [2.75, 3.05) is 11.9 Å². The van der Waals surface area contributed by atoms with Gasteiger partial charge in [-0.15, -0.1) is 0 Å². The van der Waals surface area contributed by atoms with Crippen LogP contribution in [-0.2, 0) is 0 Å². The van der Waals surface area contributed by atoms with Crippen LogP contribution >= 0.6 is 0 Å². The van der Waals surface area contributed by atoms with Gasteiger partial charge in [0.2, 0.25) is 0 Å². The Bertz CT molecular complexity index is 271. The van der Waals surface area contributed by atoms with Gasteiger partial charge in [-0.2, -0.15) is 0 Å². The number of aromatic nitrogens is 1. The van der Waals surface area contributed by atoms with Crippen molar-refractivity contribution in [3.8, 4) is 0 Å². The van der Waals surface area contributed by atoms with Crippen LogP contribution in [0.1, 0.15) is 12.8 Å². The first kappa shape index (κ1) is 7.53. The molecule has 2 rings (SSSR count). The Morgan fingerprint density at radius 2 is 2.42 bits per heavy atom. The van der Waals surface area contributed by atoms with E-state index in [4.69, 9.17) is 0 Å². The number of hydrogen-bond acceptors (Lipinski definition) is 2. The third-order valence-corrected chi connectivity index (χ3v) is 2.01. The molecule has 2 nitrogen and oxygen atoms in total. The minimum atomic E-state index is -0.266. The fourth-order valence-electron chi connectivity index (χ4n) is 1.08. The number of anilines is 1. The summed E-state index contributed by atoms with van der Waals surface area (Å²) >= 11 is 0. The lowest BCUT2D eigenvalue weighted by molar-refractivity contribution is 0.623. The molecule has 1 aromatic heterocycles. The van der Waals surface area contributed by atoms with E-state index in [1.165, 1.54) is 18.9 Å². The van der Waals surface area contributed by atoms with E-state index in [0.29, 0.717) is 5.82 Å². The zero-order valence-corrected chi connectivity index (χ0v) is 6.76. The Kier molecular flexibility index (Phi) is 1.94. The number of hydrogen-bond donors (Lipinski definition) is 1. The van der Waals surface area contributed by atoms with Crippen LogP contribution in [0.2, 0.25) is 0 Å². The summed E-state index contributed by atoms with van der Waals surface area (Å²) in [6.07, 6.45) is 4.13. The molecular weight excluding hydrogens is 155 g/mol. The molecule has 0 unspecified atom stereocenters. The molecule has 1 heterocycles. The maximum Gasteiger partial charge on any atom is 0.165 e. The molecule has 0 aromatic carbocycles. The van der Waals surface area contributed by atoms with Gasteiger partial charge in [-0.25, -0.2) is 9.37 Å². The standard InChI is InChI=1S/C9H11FN2/c10-8-2-1-5-11-9(8)12-6-7-3-4-7/h1-2,5,7H,3-4,6H2,(H,11,12). The second-order valence-corrected chi connectivity index (χ2v) is 3.16. The fraction of sp³-hybridized carbons (Fsp3) is 0.444. The highest BCUT2D eigenvalue weighted by atomic mass is 19.1. The molecule has 0 aliphatic heterocycles. The van der Waals surface area contributed by atoms with Crippen LogP contribution in [0.15, 0.2) is 18.3 Å². The van der Waals surface area contributed by atoms with Crippen LogP contribution in [0.4, 0.5) is 10.2 Å². The van der Waals surface area contributed by atoms with E-state index in [1.54, 1.807) is 12.3 Å². The number of halogens is 1. The van der Waals surface area contributed by atoms with E-state index in [9.17, 15) is 4.39 Å². The average Bonchev–Trinajstić information content (AvgIpc) is 2.86. The zero-order chi connectivity index (χ0) is 8.39. The summed E-state index contributed by atoms with van der Waals surface area (Å²) in [4.78, 5) is 3.89. The lowest BCUT2D eigenvalue weighted by Gasteiger charge is -2.03. The van der Waals surface area contributed by atoms with Gasteiger partial charge in [0.1, 0.15) is 0 Å². The summed E-state index contributed by atoms with van der Waals surface area (Å²) in [5.41, 5.74) is 0. The van der Waals surface area contributed by atoms with Crippen LogP contribution in [0.5, 0.6) is 0 Å². The summed E-state index contributed by atoms with van der Waals surface area (Å²) in [6, 6.07) is 3.01. The van der Waals surface area contributed by atoms with Crippen LogP contribution in [0, 0.1) is 11.7 Å². The number of rotatable bonds is 3. The Morgan fingerprint density at radius 1 is 1.58 bits per heavy atom. The smallest absolute Gasteiger partial charge is 0.165 e. The third kappa shape index (κ3) is 1.72. The topological polar surface area (TPSA) is 24.9 Å². The number of nitrogens with one attached hydrogen (secondary N) is 1. The molecule has 1 aromatic rings. The van der Waals surface area contributed by atoms with Gasteiger partial charge in [0.25, 0.3) is 0 Å². The average molecular weight is 166 g/mol. The van der Waals surface area contributed by atoms with Gasteiger partial charge >= 0.3 is 0 Å². The molecule has 1 aliphatic carbocycles. The first-order valence-electron chi connectivity index (χ1n) is 4.20. The van der Waals surface area contributed by atoms with Gasteiger partial charge in [-0.05, 0) is 30.9 Å². The van der Waals surface area contributed by atoms with E-state index in [0.717, 1.165) is 12.5 Å². The van der Waals surface area contributed by atoms with E-state index < -0.39 is 0 Å². The quantitative estimate of drug-likeness (QED) is 0.743. The van der Waals surface area contributed by atoms with Crippen LogP contribution < -0.4 is 5.32 Å². The summed E-state index contributed by atoms with van der Waals surface area (Å²) in [5, 5.41) is 2.99. The zero-order valence-electron chi connectivity index (χ0n) is 6.76. The summed E-state index contributed by atoms with van der Waals surface area (Å²) < 4.78 is 12.9. The van der Waals surface area contributed by atoms with E-state index in [2.05, 4.69) is 10.3 Å². The van der Waals surface area contributed by atoms with Crippen molar-refractivity contribution in [1.29, 1.82) is 0 Å². The Labute approximate surface area is 70.8 Å². The van der Waals surface area contributed by atoms with Gasteiger partial charge in [0.15, 0.2) is 11.6 Å². The first-order chi connectivity index (χ1) is 5.86. The summed E-state index contributed by atoms with van der Waals surface area (Å²) in [7, 11) is 0. The molecular formula is C9H11FN2. The van der Waals surface area contributed by atoms with Gasteiger partial charge in [0, 0.05) is 12.7 Å². The normalized spacial score (nSPS) is 16.1. The molecule has 12 heavy (non-hydrogen) atoms. The third-order valence-electron chi connectivity index (χ3n) is 2.01. The van der Waals surface area contributed by atoms with Crippen molar-refractivity contribution in [3.63, 3.8) is 0 Å². The van der Waals surface area contributed by atoms with Crippen LogP contribution in [0.25, 0.3) is 0 Å². The molecule has 1 N–H and O–H groups in total. The summed E-state index contributed by atoms with van der Waals surface area (Å²) in [6.45, 7) is 0.855. The molecule has 0 spiro atoms. The minimum absolute atomic E-state index is 0.266. The van der Waals surface area contributed by atoms with Crippen molar-refractivity contribution in [3.05, 3.63) is 24.1 Å². The highest BCUT2D eigenvalue weighted by Gasteiger charge is 2.21. The van der Waals surface area contributed by atoms with Crippen molar-refractivity contribution >= 4 is 5.82 Å². The number of nitrogens with zero attached hydrogens (tertiary/aromatic N) is 1. The largest absolute Gasteiger partial charge is 0.367 e. The van der Waals surface area contributed by atoms with Crippen molar-refractivity contribution in [2.45, 2.75) is 12.8 Å². The summed E-state index contributed by atoms with van der Waals surface area (Å²) in [5.74, 6) is 0.856. The number of pyridine rings is 1. The van der Waals surface area contributed by atoms with Gasteiger partial charge in [-0.3, -0.25) is 0 Å². The Hall–Kier alpha value is -1.12. The van der Waals surface area contributed by atoms with E-state index >= 15 is 0 Å². The van der Waals surface area contributed by atoms with Crippen molar-refractivity contribution < 1.29 is 4.39 Å². The maximum atomic E-state index is 12.9. The molecule has 0 atom stereocenters. The second-order valence-electron chi connectivity index (χ2n) is 3.16. The SMILES string of the molecule is Fc1cccnc1NCC1CC1. The van der Waals surface area contributed by atoms with Crippen LogP contribution in [0.3, 0.4) is 0 Å². The highest BCUT2D eigenvalue weighted by Crippen LogP contribution is 2.28. The predicted molar refractivity (Wildman–Crippen MR) is 45.4 cm³/mol. The van der Waals surface area contributed by atoms with Crippen molar-refractivity contribution in [1.82, 2.24) is 4.98 Å². The monoisotopic (exact) mass is 166 g/mol. The molecule has 1 fully saturated rings. The Morgan fingerprint density at radius 3 is 3.08 bits per heavy atom. The van der Waals surface area contributed by atoms with E-state index in [1.807, 2.05) is 0 Å². The lowest BCUT2D eigenvalue weighted by atomic mass is 10.4. The van der Waals surface area contributed by atoms with Gasteiger partial charge < -0.3 is 5.32 Å². The maximum absolute atomic E-state index is 12.9. The van der Waals surface area contributed by atoms with Gasteiger partial charge in [-0.1, -0.05) is 0 Å². The fourth-order valence-corrected chi connectivity index (χ4v) is 1.08. The van der Waals surface area contributed by atoms with Crippen LogP contribution in [-0.4, -0.2) is 11.5 Å². The molecule has 0 radical (unpaired) electrons. The molecule has 64 valence electrons. The molecule has 0 amide bonds. The molecule has 1 aliphatic rings. The molecule has 3 heteroatoms. The molecule has 1 saturated carbocycles. The van der Waals surface area contributed by atoms with E-state index in [-0.39, 0.29) is 5.82 Å². The highest BCUT2D eigenvalue weighted by molar-refractivity contribution is 5.35. The van der Waals surface area contributed by atoms with Gasteiger partial charge in [0.05, 0.1) is 0 Å². The first-order valence-corrected chi connectivity index (χ1v) is 4.20. The second kappa shape index (κ2) is 3.09. The predicted octanol–water partition coefficient (Wildman–Crippen LogP) is 2.04.